The van der Waals surface area contributed by atoms with Crippen molar-refractivity contribution in [1.29, 1.82) is 0 Å². The SMILES string of the molecule is O=C(NCc1cc(C2CC2)on1)N1CCCC(OCc2ccccn2)C1. The highest BCUT2D eigenvalue weighted by atomic mass is 16.5. The van der Waals surface area contributed by atoms with Gasteiger partial charge in [-0.3, -0.25) is 4.98 Å². The fourth-order valence-electron chi connectivity index (χ4n) is 3.20. The molecule has 1 unspecified atom stereocenters. The molecule has 0 aromatic carbocycles. The van der Waals surface area contributed by atoms with Crippen LogP contribution in [-0.4, -0.2) is 40.3 Å². The minimum absolute atomic E-state index is 0.0463. The van der Waals surface area contributed by atoms with Crippen molar-refractivity contribution in [1.82, 2.24) is 20.4 Å². The Kier molecular flexibility index (Phi) is 5.15. The van der Waals surface area contributed by atoms with Crippen LogP contribution in [0.25, 0.3) is 0 Å². The average molecular weight is 356 g/mol. The van der Waals surface area contributed by atoms with Crippen molar-refractivity contribution < 1.29 is 14.1 Å². The highest BCUT2D eigenvalue weighted by molar-refractivity contribution is 5.74. The maximum Gasteiger partial charge on any atom is 0.317 e. The van der Waals surface area contributed by atoms with E-state index in [-0.39, 0.29) is 12.1 Å². The molecule has 2 amide bonds. The molecule has 1 N–H and O–H groups in total. The summed E-state index contributed by atoms with van der Waals surface area (Å²) in [6.45, 7) is 2.22. The third-order valence-corrected chi connectivity index (χ3v) is 4.84. The molecule has 2 aromatic heterocycles. The van der Waals surface area contributed by atoms with Crippen molar-refractivity contribution in [2.45, 2.75) is 50.9 Å². The summed E-state index contributed by atoms with van der Waals surface area (Å²) in [5.74, 6) is 1.47. The fraction of sp³-hybridized carbons (Fsp3) is 0.526. The summed E-state index contributed by atoms with van der Waals surface area (Å²) >= 11 is 0. The highest BCUT2D eigenvalue weighted by Crippen LogP contribution is 2.40. The van der Waals surface area contributed by atoms with Gasteiger partial charge in [-0.15, -0.1) is 0 Å². The fourth-order valence-corrected chi connectivity index (χ4v) is 3.20. The summed E-state index contributed by atoms with van der Waals surface area (Å²) in [5.41, 5.74) is 1.69. The molecule has 2 aliphatic rings. The van der Waals surface area contributed by atoms with Gasteiger partial charge in [0.05, 0.1) is 24.9 Å². The van der Waals surface area contributed by atoms with E-state index in [9.17, 15) is 4.79 Å². The lowest BCUT2D eigenvalue weighted by Crippen LogP contribution is -2.47. The predicted molar refractivity (Wildman–Crippen MR) is 94.3 cm³/mol. The molecule has 1 aliphatic heterocycles. The van der Waals surface area contributed by atoms with Crippen LogP contribution in [0.2, 0.25) is 0 Å². The van der Waals surface area contributed by atoms with Crippen molar-refractivity contribution in [2.75, 3.05) is 13.1 Å². The molecule has 2 aromatic rings. The first kappa shape index (κ1) is 17.0. The minimum atomic E-state index is -0.0768. The Balaban J connectivity index is 1.23. The van der Waals surface area contributed by atoms with Gasteiger partial charge in [0.25, 0.3) is 0 Å². The lowest BCUT2D eigenvalue weighted by Gasteiger charge is -2.32. The zero-order chi connectivity index (χ0) is 17.8. The number of pyridine rings is 1. The number of urea groups is 1. The molecular weight excluding hydrogens is 332 g/mol. The van der Waals surface area contributed by atoms with E-state index in [4.69, 9.17) is 9.26 Å². The number of nitrogens with one attached hydrogen (secondary N) is 1. The van der Waals surface area contributed by atoms with Crippen LogP contribution in [0.3, 0.4) is 0 Å². The van der Waals surface area contributed by atoms with E-state index >= 15 is 0 Å². The second kappa shape index (κ2) is 7.86. The van der Waals surface area contributed by atoms with Gasteiger partial charge in [0.15, 0.2) is 0 Å². The van der Waals surface area contributed by atoms with Gasteiger partial charge in [-0.2, -0.15) is 0 Å². The maximum absolute atomic E-state index is 12.4. The van der Waals surface area contributed by atoms with E-state index in [2.05, 4.69) is 15.5 Å². The first-order valence-electron chi connectivity index (χ1n) is 9.28. The normalized spacial score (nSPS) is 20.2. The lowest BCUT2D eigenvalue weighted by molar-refractivity contribution is -0.00169. The lowest BCUT2D eigenvalue weighted by atomic mass is 10.1. The Morgan fingerprint density at radius 2 is 2.23 bits per heavy atom. The van der Waals surface area contributed by atoms with Gasteiger partial charge in [-0.05, 0) is 37.8 Å². The van der Waals surface area contributed by atoms with Crippen LogP contribution in [-0.2, 0) is 17.9 Å². The molecule has 0 radical (unpaired) electrons. The third-order valence-electron chi connectivity index (χ3n) is 4.84. The summed E-state index contributed by atoms with van der Waals surface area (Å²) < 4.78 is 11.3. The molecule has 138 valence electrons. The van der Waals surface area contributed by atoms with Crippen LogP contribution < -0.4 is 5.32 Å². The number of hydrogen-bond donors (Lipinski definition) is 1. The second-order valence-electron chi connectivity index (χ2n) is 7.00. The molecule has 1 aliphatic carbocycles. The van der Waals surface area contributed by atoms with Gasteiger partial charge >= 0.3 is 6.03 Å². The minimum Gasteiger partial charge on any atom is -0.370 e. The Hall–Kier alpha value is -2.41. The van der Waals surface area contributed by atoms with Crippen LogP contribution in [0.1, 0.15) is 48.7 Å². The first-order valence-corrected chi connectivity index (χ1v) is 9.28. The molecule has 0 spiro atoms. The number of likely N-dealkylation sites (tertiary alicyclic amines) is 1. The molecule has 4 rings (SSSR count). The number of nitrogens with zero attached hydrogens (tertiary/aromatic N) is 3. The van der Waals surface area contributed by atoms with Gasteiger partial charge in [0.2, 0.25) is 0 Å². The number of ether oxygens (including phenoxy) is 1. The Morgan fingerprint density at radius 3 is 3.04 bits per heavy atom. The number of aromatic nitrogens is 2. The molecule has 1 saturated carbocycles. The number of rotatable bonds is 6. The summed E-state index contributed by atoms with van der Waals surface area (Å²) in [6.07, 6.45) is 6.06. The van der Waals surface area contributed by atoms with Crippen LogP contribution in [0, 0.1) is 0 Å². The zero-order valence-corrected chi connectivity index (χ0v) is 14.8. The molecule has 26 heavy (non-hydrogen) atoms. The van der Waals surface area contributed by atoms with E-state index in [1.165, 1.54) is 12.8 Å². The number of amides is 2. The number of carbonyl (C=O) groups excluding carboxylic acids is 1. The van der Waals surface area contributed by atoms with E-state index in [1.807, 2.05) is 29.2 Å². The Morgan fingerprint density at radius 1 is 1.31 bits per heavy atom. The van der Waals surface area contributed by atoms with Crippen molar-refractivity contribution >= 4 is 6.03 Å². The Bertz CT molecular complexity index is 729. The molecule has 7 heteroatoms. The standard InChI is InChI=1S/C19H24N4O3/c24-19(21-11-16-10-18(26-22-16)14-6-7-14)23-9-3-5-17(12-23)25-13-15-4-1-2-8-20-15/h1-2,4,8,10,14,17H,3,5-7,9,11-13H2,(H,21,24). The van der Waals surface area contributed by atoms with Gasteiger partial charge in [-0.25, -0.2) is 4.79 Å². The molecule has 2 fully saturated rings. The zero-order valence-electron chi connectivity index (χ0n) is 14.8. The van der Waals surface area contributed by atoms with Gasteiger partial charge in [-0.1, -0.05) is 11.2 Å². The number of piperidine rings is 1. The smallest absolute Gasteiger partial charge is 0.317 e. The third kappa shape index (κ3) is 4.40. The van der Waals surface area contributed by atoms with Crippen molar-refractivity contribution in [3.8, 4) is 0 Å². The van der Waals surface area contributed by atoms with Crippen molar-refractivity contribution in [3.63, 3.8) is 0 Å². The van der Waals surface area contributed by atoms with E-state index < -0.39 is 0 Å². The van der Waals surface area contributed by atoms with E-state index in [1.54, 1.807) is 6.20 Å². The second-order valence-corrected chi connectivity index (χ2v) is 7.00. The van der Waals surface area contributed by atoms with Crippen LogP contribution in [0.15, 0.2) is 35.0 Å². The van der Waals surface area contributed by atoms with Crippen LogP contribution >= 0.6 is 0 Å². The van der Waals surface area contributed by atoms with E-state index in [0.29, 0.717) is 25.6 Å². The van der Waals surface area contributed by atoms with Gasteiger partial charge in [0.1, 0.15) is 11.5 Å². The first-order chi connectivity index (χ1) is 12.8. The monoisotopic (exact) mass is 356 g/mol. The Labute approximate surface area is 152 Å². The maximum atomic E-state index is 12.4. The average Bonchev–Trinajstić information content (AvgIpc) is 3.44. The van der Waals surface area contributed by atoms with Crippen molar-refractivity contribution in [3.05, 3.63) is 47.6 Å². The largest absolute Gasteiger partial charge is 0.370 e. The number of carbonyl (C=O) groups is 1. The van der Waals surface area contributed by atoms with Crippen LogP contribution in [0.5, 0.6) is 0 Å². The predicted octanol–water partition coefficient (Wildman–Crippen LogP) is 2.84. The molecule has 7 nitrogen and oxygen atoms in total. The summed E-state index contributed by atoms with van der Waals surface area (Å²) in [5, 5.41) is 6.96. The van der Waals surface area contributed by atoms with E-state index in [0.717, 1.165) is 36.5 Å². The topological polar surface area (TPSA) is 80.5 Å². The van der Waals surface area contributed by atoms with Crippen molar-refractivity contribution in [2.24, 2.45) is 0 Å². The van der Waals surface area contributed by atoms with Crippen LogP contribution in [0.4, 0.5) is 4.79 Å². The molecule has 1 atom stereocenters. The summed E-state index contributed by atoms with van der Waals surface area (Å²) in [6, 6.07) is 7.66. The molecule has 3 heterocycles. The van der Waals surface area contributed by atoms with Gasteiger partial charge < -0.3 is 19.5 Å². The molecule has 0 bridgehead atoms. The van der Waals surface area contributed by atoms with Gasteiger partial charge in [0, 0.05) is 31.3 Å². The molecular formula is C19H24N4O3. The summed E-state index contributed by atoms with van der Waals surface area (Å²) in [4.78, 5) is 18.5. The molecule has 1 saturated heterocycles. The quantitative estimate of drug-likeness (QED) is 0.861. The highest BCUT2D eigenvalue weighted by Gasteiger charge is 2.28. The number of hydrogen-bond acceptors (Lipinski definition) is 5. The summed E-state index contributed by atoms with van der Waals surface area (Å²) in [7, 11) is 0.